The van der Waals surface area contributed by atoms with E-state index in [0.29, 0.717) is 6.42 Å². The van der Waals surface area contributed by atoms with Crippen LogP contribution in [0.15, 0.2) is 53.7 Å². The summed E-state index contributed by atoms with van der Waals surface area (Å²) in [6.45, 7) is -0.0253. The van der Waals surface area contributed by atoms with Crippen LogP contribution in [0.25, 0.3) is 11.0 Å². The van der Waals surface area contributed by atoms with Crippen molar-refractivity contribution in [2.45, 2.75) is 17.5 Å². The Morgan fingerprint density at radius 2 is 1.88 bits per heavy atom. The van der Waals surface area contributed by atoms with Crippen molar-refractivity contribution in [3.63, 3.8) is 0 Å². The average Bonchev–Trinajstić information content (AvgIpc) is 2.91. The summed E-state index contributed by atoms with van der Waals surface area (Å²) in [5.41, 5.74) is 0.442. The van der Waals surface area contributed by atoms with Gasteiger partial charge in [0.25, 0.3) is 0 Å². The number of benzene rings is 1. The molecule has 3 rings (SSSR count). The van der Waals surface area contributed by atoms with E-state index in [0.717, 1.165) is 34.8 Å². The molecular weight excluding hydrogens is 367 g/mol. The molecule has 0 bridgehead atoms. The maximum absolute atomic E-state index is 13.0. The van der Waals surface area contributed by atoms with E-state index in [2.05, 4.69) is 9.71 Å². The van der Waals surface area contributed by atoms with Crippen LogP contribution in [-0.2, 0) is 29.7 Å². The molecule has 9 heteroatoms. The van der Waals surface area contributed by atoms with Gasteiger partial charge in [0.1, 0.15) is 5.65 Å². The highest BCUT2D eigenvalue weighted by molar-refractivity contribution is 7.89. The molecule has 0 radical (unpaired) electrons. The van der Waals surface area contributed by atoms with E-state index >= 15 is 0 Å². The first-order valence-electron chi connectivity index (χ1n) is 7.75. The second-order valence-electron chi connectivity index (χ2n) is 5.78. The molecule has 0 amide bonds. The van der Waals surface area contributed by atoms with Gasteiger partial charge in [-0.2, -0.15) is 13.2 Å². The molecule has 2 heterocycles. The molecule has 0 aliphatic carbocycles. The Kier molecular flexibility index (Phi) is 4.76. The molecule has 1 N–H and O–H groups in total. The SMILES string of the molecule is Cn1cc(CCNS(=O)(=O)c2ccccc2C(F)(F)F)c2cccnc21. The van der Waals surface area contributed by atoms with Crippen molar-refractivity contribution in [2.24, 2.45) is 7.05 Å². The minimum Gasteiger partial charge on any atom is -0.335 e. The lowest BCUT2D eigenvalue weighted by Gasteiger charge is -2.13. The number of nitrogens with zero attached hydrogens (tertiary/aromatic N) is 2. The maximum Gasteiger partial charge on any atom is 0.417 e. The van der Waals surface area contributed by atoms with E-state index in [1.54, 1.807) is 12.3 Å². The van der Waals surface area contributed by atoms with Gasteiger partial charge in [0.05, 0.1) is 10.5 Å². The minimum atomic E-state index is -4.74. The van der Waals surface area contributed by atoms with Gasteiger partial charge >= 0.3 is 6.18 Å². The van der Waals surface area contributed by atoms with Crippen molar-refractivity contribution < 1.29 is 21.6 Å². The number of alkyl halides is 3. The molecule has 0 aliphatic heterocycles. The van der Waals surface area contributed by atoms with Crippen LogP contribution in [0.2, 0.25) is 0 Å². The summed E-state index contributed by atoms with van der Waals surface area (Å²) in [6, 6.07) is 7.77. The van der Waals surface area contributed by atoms with Gasteiger partial charge in [0.15, 0.2) is 0 Å². The molecule has 0 fully saturated rings. The van der Waals surface area contributed by atoms with Crippen molar-refractivity contribution in [1.82, 2.24) is 14.3 Å². The fourth-order valence-electron chi connectivity index (χ4n) is 2.83. The van der Waals surface area contributed by atoms with Crippen LogP contribution in [0.1, 0.15) is 11.1 Å². The molecule has 0 spiro atoms. The lowest BCUT2D eigenvalue weighted by Crippen LogP contribution is -2.28. The minimum absolute atomic E-state index is 0.0253. The quantitative estimate of drug-likeness (QED) is 0.736. The van der Waals surface area contributed by atoms with Crippen LogP contribution in [-0.4, -0.2) is 24.5 Å². The molecule has 0 saturated carbocycles. The summed E-state index contributed by atoms with van der Waals surface area (Å²) in [4.78, 5) is 3.47. The third-order valence-corrected chi connectivity index (χ3v) is 5.50. The van der Waals surface area contributed by atoms with Gasteiger partial charge in [-0.15, -0.1) is 0 Å². The molecule has 1 aromatic carbocycles. The van der Waals surface area contributed by atoms with Crippen LogP contribution in [0.5, 0.6) is 0 Å². The van der Waals surface area contributed by atoms with Gasteiger partial charge in [-0.25, -0.2) is 18.1 Å². The summed E-state index contributed by atoms with van der Waals surface area (Å²) >= 11 is 0. The van der Waals surface area contributed by atoms with Gasteiger partial charge in [0.2, 0.25) is 10.0 Å². The summed E-state index contributed by atoms with van der Waals surface area (Å²) in [6.07, 6.45) is -0.929. The predicted molar refractivity (Wildman–Crippen MR) is 91.1 cm³/mol. The predicted octanol–water partition coefficient (Wildman–Crippen LogP) is 3.11. The van der Waals surface area contributed by atoms with Gasteiger partial charge in [-0.05, 0) is 36.2 Å². The van der Waals surface area contributed by atoms with Crippen LogP contribution in [0, 0.1) is 0 Å². The van der Waals surface area contributed by atoms with E-state index in [1.165, 1.54) is 6.07 Å². The van der Waals surface area contributed by atoms with E-state index in [4.69, 9.17) is 0 Å². The fourth-order valence-corrected chi connectivity index (χ4v) is 4.08. The Morgan fingerprint density at radius 3 is 2.62 bits per heavy atom. The molecule has 3 aromatic rings. The molecule has 0 unspecified atom stereocenters. The van der Waals surface area contributed by atoms with Crippen LogP contribution >= 0.6 is 0 Å². The zero-order valence-electron chi connectivity index (χ0n) is 13.8. The molecule has 138 valence electrons. The highest BCUT2D eigenvalue weighted by Crippen LogP contribution is 2.33. The van der Waals surface area contributed by atoms with Crippen molar-refractivity contribution in [3.05, 3.63) is 59.9 Å². The summed E-state index contributed by atoms with van der Waals surface area (Å²) in [7, 11) is -2.46. The molecular formula is C17H16F3N3O2S. The standard InChI is InChI=1S/C17H16F3N3O2S/c1-23-11-12(13-5-4-9-21-16(13)23)8-10-22-26(24,25)15-7-3-2-6-14(15)17(18,19)20/h2-7,9,11,22H,8,10H2,1H3. The topological polar surface area (TPSA) is 64.0 Å². The second kappa shape index (κ2) is 6.73. The molecule has 0 aliphatic rings. The third kappa shape index (κ3) is 3.58. The number of sulfonamides is 1. The van der Waals surface area contributed by atoms with E-state index in [1.807, 2.05) is 23.9 Å². The van der Waals surface area contributed by atoms with Gasteiger partial charge in [0, 0.05) is 31.4 Å². The zero-order valence-corrected chi connectivity index (χ0v) is 14.6. The first-order valence-corrected chi connectivity index (χ1v) is 9.23. The number of hydrogen-bond acceptors (Lipinski definition) is 3. The number of fused-ring (bicyclic) bond motifs is 1. The van der Waals surface area contributed by atoms with Crippen molar-refractivity contribution in [3.8, 4) is 0 Å². The number of halogens is 3. The normalized spacial score (nSPS) is 12.6. The Labute approximate surface area is 148 Å². The number of nitrogens with one attached hydrogen (secondary N) is 1. The number of aromatic nitrogens is 2. The van der Waals surface area contributed by atoms with Gasteiger partial charge in [-0.1, -0.05) is 12.1 Å². The third-order valence-electron chi connectivity index (χ3n) is 3.98. The van der Waals surface area contributed by atoms with Crippen LogP contribution in [0.4, 0.5) is 13.2 Å². The first-order chi connectivity index (χ1) is 12.2. The largest absolute Gasteiger partial charge is 0.417 e. The first kappa shape index (κ1) is 18.4. The highest BCUT2D eigenvalue weighted by Gasteiger charge is 2.36. The molecule has 0 saturated heterocycles. The maximum atomic E-state index is 13.0. The number of aryl methyl sites for hydroxylation is 1. The van der Waals surface area contributed by atoms with Crippen molar-refractivity contribution >= 4 is 21.1 Å². The van der Waals surface area contributed by atoms with Crippen LogP contribution < -0.4 is 4.72 Å². The van der Waals surface area contributed by atoms with Gasteiger partial charge in [-0.3, -0.25) is 0 Å². The van der Waals surface area contributed by atoms with Crippen molar-refractivity contribution in [2.75, 3.05) is 6.54 Å². The Hall–Kier alpha value is -2.39. The monoisotopic (exact) mass is 383 g/mol. The number of pyridine rings is 1. The van der Waals surface area contributed by atoms with Crippen LogP contribution in [0.3, 0.4) is 0 Å². The Bertz CT molecular complexity index is 1040. The molecule has 5 nitrogen and oxygen atoms in total. The van der Waals surface area contributed by atoms with E-state index in [9.17, 15) is 21.6 Å². The molecule has 0 atom stereocenters. The molecule has 26 heavy (non-hydrogen) atoms. The summed E-state index contributed by atoms with van der Waals surface area (Å²) < 4.78 is 67.9. The fraction of sp³-hybridized carbons (Fsp3) is 0.235. The zero-order chi connectivity index (χ0) is 18.9. The Morgan fingerprint density at radius 1 is 1.15 bits per heavy atom. The number of hydrogen-bond donors (Lipinski definition) is 1. The van der Waals surface area contributed by atoms with Crippen molar-refractivity contribution in [1.29, 1.82) is 0 Å². The molecule has 2 aromatic heterocycles. The second-order valence-corrected chi connectivity index (χ2v) is 7.52. The van der Waals surface area contributed by atoms with Gasteiger partial charge < -0.3 is 4.57 Å². The highest BCUT2D eigenvalue weighted by atomic mass is 32.2. The lowest BCUT2D eigenvalue weighted by molar-refractivity contribution is -0.139. The summed E-state index contributed by atoms with van der Waals surface area (Å²) in [5, 5.41) is 0.880. The summed E-state index contributed by atoms with van der Waals surface area (Å²) in [5.74, 6) is 0. The van der Waals surface area contributed by atoms with E-state index < -0.39 is 26.7 Å². The lowest BCUT2D eigenvalue weighted by atomic mass is 10.2. The number of rotatable bonds is 5. The van der Waals surface area contributed by atoms with E-state index in [-0.39, 0.29) is 6.54 Å². The average molecular weight is 383 g/mol. The Balaban J connectivity index is 1.79. The smallest absolute Gasteiger partial charge is 0.335 e.